The summed E-state index contributed by atoms with van der Waals surface area (Å²) in [6.07, 6.45) is -2.41. The molecule has 0 amide bonds. The van der Waals surface area contributed by atoms with Crippen LogP contribution >= 0.6 is 0 Å². The number of aryl methyl sites for hydroxylation is 1. The normalized spacial score (nSPS) is 11.2. The molecular formula is C20H19F3N3NaO3S. The van der Waals surface area contributed by atoms with E-state index in [1.807, 2.05) is 6.92 Å². The van der Waals surface area contributed by atoms with Crippen molar-refractivity contribution in [2.75, 3.05) is 0 Å². The Labute approximate surface area is 200 Å². The van der Waals surface area contributed by atoms with Crippen LogP contribution in [0.25, 0.3) is 16.9 Å². The molecule has 0 atom stereocenters. The monoisotopic (exact) mass is 461 g/mol. The number of halogens is 3. The van der Waals surface area contributed by atoms with Crippen LogP contribution in [0.3, 0.4) is 0 Å². The third-order valence-corrected chi connectivity index (χ3v) is 4.83. The summed E-state index contributed by atoms with van der Waals surface area (Å²) in [5, 5.41) is 8.70. The Morgan fingerprint density at radius 2 is 1.58 bits per heavy atom. The average molecular weight is 461 g/mol. The second-order valence-corrected chi connectivity index (χ2v) is 7.79. The smallest absolute Gasteiger partial charge is 0.542 e. The van der Waals surface area contributed by atoms with Gasteiger partial charge in [-0.05, 0) is 37.3 Å². The first-order valence-electron chi connectivity index (χ1n) is 8.70. The quantitative estimate of drug-likeness (QED) is 0.464. The maximum Gasteiger partial charge on any atom is 1.00 e. The summed E-state index contributed by atoms with van der Waals surface area (Å²) >= 11 is 0. The van der Waals surface area contributed by atoms with E-state index in [-0.39, 0.29) is 45.8 Å². The number of primary sulfonamides is 1. The first-order chi connectivity index (χ1) is 14.0. The standard InChI is InChI=1S/C17H14F3N3O2S.C3H5O.Na/c1-11-2-4-12(5-3-11)15-10-16(17(18,19)20)22-23(15)13-6-8-14(9-7-13)26(21,24)25;1-2-3-4;/h2-10H,1H3,(H2,21,24,25);2H2,1H3;/q;-1;+1. The van der Waals surface area contributed by atoms with Crippen LogP contribution < -0.4 is 34.7 Å². The van der Waals surface area contributed by atoms with Gasteiger partial charge >= 0.3 is 35.7 Å². The molecule has 2 N–H and O–H groups in total. The summed E-state index contributed by atoms with van der Waals surface area (Å²) in [6.45, 7) is 3.63. The van der Waals surface area contributed by atoms with Gasteiger partial charge in [0, 0.05) is 5.56 Å². The molecule has 0 aliphatic rings. The van der Waals surface area contributed by atoms with Crippen molar-refractivity contribution in [2.45, 2.75) is 31.3 Å². The van der Waals surface area contributed by atoms with Crippen molar-refractivity contribution in [3.63, 3.8) is 0 Å². The fourth-order valence-electron chi connectivity index (χ4n) is 2.42. The van der Waals surface area contributed by atoms with Gasteiger partial charge in [-0.2, -0.15) is 24.7 Å². The molecule has 3 rings (SSSR count). The van der Waals surface area contributed by atoms with Crippen molar-refractivity contribution in [1.82, 2.24) is 9.78 Å². The Morgan fingerprint density at radius 1 is 1.06 bits per heavy atom. The molecule has 0 unspecified atom stereocenters. The zero-order valence-corrected chi connectivity index (χ0v) is 20.0. The van der Waals surface area contributed by atoms with Gasteiger partial charge in [0.25, 0.3) is 0 Å². The van der Waals surface area contributed by atoms with Crippen LogP contribution in [0.2, 0.25) is 0 Å². The zero-order valence-electron chi connectivity index (χ0n) is 17.1. The van der Waals surface area contributed by atoms with Crippen molar-refractivity contribution in [3.8, 4) is 16.9 Å². The molecule has 0 spiro atoms. The summed E-state index contributed by atoms with van der Waals surface area (Å²) in [5.74, 6) is 0. The van der Waals surface area contributed by atoms with Gasteiger partial charge in [0.05, 0.1) is 16.3 Å². The minimum absolute atomic E-state index is 0. The van der Waals surface area contributed by atoms with Gasteiger partial charge in [0.15, 0.2) is 5.69 Å². The first kappa shape index (κ1) is 27.1. The van der Waals surface area contributed by atoms with Crippen LogP contribution in [0.15, 0.2) is 59.5 Å². The predicted octanol–water partition coefficient (Wildman–Crippen LogP) is 1.02. The van der Waals surface area contributed by atoms with Gasteiger partial charge in [0.1, 0.15) is 0 Å². The molecule has 1 aromatic heterocycles. The SMILES string of the molecule is CC[C-]=O.Cc1ccc(-c2cc(C(F)(F)F)nn2-c2ccc(S(N)(=O)=O)cc2)cc1.[Na+]. The fourth-order valence-corrected chi connectivity index (χ4v) is 2.94. The Hall–Kier alpha value is -1.98. The minimum atomic E-state index is -4.61. The van der Waals surface area contributed by atoms with E-state index in [0.717, 1.165) is 16.3 Å². The van der Waals surface area contributed by atoms with Gasteiger partial charge in [-0.15, -0.1) is 0 Å². The number of carbonyl (C=O) groups excluding carboxylic acids is 1. The van der Waals surface area contributed by atoms with E-state index >= 15 is 0 Å². The van der Waals surface area contributed by atoms with E-state index in [1.54, 1.807) is 37.5 Å². The van der Waals surface area contributed by atoms with Gasteiger partial charge in [-0.3, -0.25) is 6.29 Å². The number of nitrogens with two attached hydrogens (primary N) is 1. The Kier molecular flexibility index (Phi) is 9.65. The number of nitrogens with zero attached hydrogens (tertiary/aromatic N) is 2. The second-order valence-electron chi connectivity index (χ2n) is 6.23. The maximum atomic E-state index is 13.1. The fraction of sp³-hybridized carbons (Fsp3) is 0.200. The molecule has 31 heavy (non-hydrogen) atoms. The third-order valence-electron chi connectivity index (χ3n) is 3.90. The summed E-state index contributed by atoms with van der Waals surface area (Å²) in [7, 11) is -3.90. The molecule has 0 aliphatic carbocycles. The number of hydrogen-bond acceptors (Lipinski definition) is 4. The third kappa shape index (κ3) is 7.29. The van der Waals surface area contributed by atoms with Crippen molar-refractivity contribution >= 4 is 16.3 Å². The van der Waals surface area contributed by atoms with Crippen LogP contribution in [0.4, 0.5) is 13.2 Å². The predicted molar refractivity (Wildman–Crippen MR) is 106 cm³/mol. The molecule has 6 nitrogen and oxygen atoms in total. The molecule has 0 radical (unpaired) electrons. The van der Waals surface area contributed by atoms with Crippen LogP contribution in [0, 0.1) is 6.92 Å². The van der Waals surface area contributed by atoms with E-state index in [0.29, 0.717) is 12.0 Å². The molecule has 0 aliphatic heterocycles. The van der Waals surface area contributed by atoms with Gasteiger partial charge < -0.3 is 4.79 Å². The van der Waals surface area contributed by atoms with Crippen molar-refractivity contribution < 1.29 is 55.9 Å². The van der Waals surface area contributed by atoms with Gasteiger partial charge in [0.2, 0.25) is 10.0 Å². The first-order valence-corrected chi connectivity index (χ1v) is 10.2. The summed E-state index contributed by atoms with van der Waals surface area (Å²) in [6, 6.07) is 13.1. The molecule has 2 aromatic carbocycles. The Bertz CT molecular complexity index is 1110. The average Bonchev–Trinajstić information content (AvgIpc) is 3.14. The van der Waals surface area contributed by atoms with E-state index in [2.05, 4.69) is 5.10 Å². The Balaban J connectivity index is 0.000000885. The summed E-state index contributed by atoms with van der Waals surface area (Å²) in [5.41, 5.74) is 0.996. The van der Waals surface area contributed by atoms with Crippen molar-refractivity contribution in [3.05, 3.63) is 65.9 Å². The molecule has 0 bridgehead atoms. The molecule has 0 saturated carbocycles. The molecule has 11 heteroatoms. The van der Waals surface area contributed by atoms with Gasteiger partial charge in [-0.1, -0.05) is 36.8 Å². The van der Waals surface area contributed by atoms with E-state index in [4.69, 9.17) is 9.93 Å². The molecule has 0 fully saturated rings. The molecule has 160 valence electrons. The topological polar surface area (TPSA) is 95.0 Å². The van der Waals surface area contributed by atoms with E-state index in [9.17, 15) is 21.6 Å². The van der Waals surface area contributed by atoms with E-state index in [1.165, 1.54) is 24.3 Å². The number of alkyl halides is 3. The van der Waals surface area contributed by atoms with E-state index < -0.39 is 21.9 Å². The largest absolute Gasteiger partial charge is 1.00 e. The molecule has 0 saturated heterocycles. The maximum absolute atomic E-state index is 13.1. The number of sulfonamides is 1. The zero-order chi connectivity index (χ0) is 22.5. The van der Waals surface area contributed by atoms with Crippen LogP contribution in [0.1, 0.15) is 24.6 Å². The number of aromatic nitrogens is 2. The summed E-state index contributed by atoms with van der Waals surface area (Å²) in [4.78, 5) is 8.91. The van der Waals surface area contributed by atoms with Crippen LogP contribution in [0.5, 0.6) is 0 Å². The number of benzene rings is 2. The minimum Gasteiger partial charge on any atom is -0.542 e. The second kappa shape index (κ2) is 11.1. The molecule has 3 aromatic rings. The molecule has 1 heterocycles. The van der Waals surface area contributed by atoms with Gasteiger partial charge in [-0.25, -0.2) is 18.2 Å². The van der Waals surface area contributed by atoms with Crippen molar-refractivity contribution in [1.29, 1.82) is 0 Å². The van der Waals surface area contributed by atoms with Crippen LogP contribution in [-0.4, -0.2) is 24.5 Å². The molecular weight excluding hydrogens is 442 g/mol. The number of hydrogen-bond donors (Lipinski definition) is 1. The van der Waals surface area contributed by atoms with Crippen LogP contribution in [-0.2, 0) is 21.0 Å². The Morgan fingerprint density at radius 3 is 2.00 bits per heavy atom. The summed E-state index contributed by atoms with van der Waals surface area (Å²) < 4.78 is 63.2. The van der Waals surface area contributed by atoms with Crippen molar-refractivity contribution in [2.24, 2.45) is 5.14 Å². The number of rotatable bonds is 4.